The van der Waals surface area contributed by atoms with Crippen LogP contribution in [-0.2, 0) is 7.05 Å². The van der Waals surface area contributed by atoms with Crippen LogP contribution in [0.2, 0.25) is 0 Å². The summed E-state index contributed by atoms with van der Waals surface area (Å²) in [6, 6.07) is 0.155. The van der Waals surface area contributed by atoms with Crippen molar-refractivity contribution in [2.45, 2.75) is 19.9 Å². The van der Waals surface area contributed by atoms with E-state index in [0.717, 1.165) is 0 Å². The normalized spacial score (nSPS) is 10.6. The second-order valence-electron chi connectivity index (χ2n) is 3.58. The second kappa shape index (κ2) is 3.69. The predicted octanol–water partition coefficient (Wildman–Crippen LogP) is 0.483. The van der Waals surface area contributed by atoms with Gasteiger partial charge in [0.2, 0.25) is 0 Å². The SMILES string of the molecule is CC(C)N(C)C(=O)c1cnn(C)c1N. The molecule has 5 nitrogen and oxygen atoms in total. The molecule has 5 heteroatoms. The lowest BCUT2D eigenvalue weighted by Gasteiger charge is -2.20. The van der Waals surface area contributed by atoms with E-state index in [1.54, 1.807) is 19.0 Å². The lowest BCUT2D eigenvalue weighted by Crippen LogP contribution is -2.33. The van der Waals surface area contributed by atoms with Crippen LogP contribution in [0.15, 0.2) is 6.20 Å². The zero-order chi connectivity index (χ0) is 10.9. The van der Waals surface area contributed by atoms with Gasteiger partial charge < -0.3 is 10.6 Å². The molecule has 0 bridgehead atoms. The summed E-state index contributed by atoms with van der Waals surface area (Å²) >= 11 is 0. The first kappa shape index (κ1) is 10.6. The Bertz CT molecular complexity index is 343. The van der Waals surface area contributed by atoms with Gasteiger partial charge in [0, 0.05) is 20.1 Å². The Morgan fingerprint density at radius 2 is 2.21 bits per heavy atom. The smallest absolute Gasteiger partial charge is 0.259 e. The first-order valence-corrected chi connectivity index (χ1v) is 4.49. The molecule has 0 aliphatic heterocycles. The van der Waals surface area contributed by atoms with Crippen LogP contribution in [0.5, 0.6) is 0 Å². The van der Waals surface area contributed by atoms with E-state index in [2.05, 4.69) is 5.10 Å². The van der Waals surface area contributed by atoms with E-state index in [1.807, 2.05) is 13.8 Å². The minimum atomic E-state index is -0.0920. The molecule has 0 aliphatic carbocycles. The highest BCUT2D eigenvalue weighted by atomic mass is 16.2. The molecule has 1 aromatic heterocycles. The molecule has 0 saturated carbocycles. The monoisotopic (exact) mass is 196 g/mol. The van der Waals surface area contributed by atoms with E-state index >= 15 is 0 Å². The number of aromatic nitrogens is 2. The van der Waals surface area contributed by atoms with Gasteiger partial charge in [0.25, 0.3) is 5.91 Å². The summed E-state index contributed by atoms with van der Waals surface area (Å²) in [4.78, 5) is 13.4. The Kier molecular flexibility index (Phi) is 2.78. The number of nitrogens with two attached hydrogens (primary N) is 1. The number of amides is 1. The number of nitrogen functional groups attached to an aromatic ring is 1. The van der Waals surface area contributed by atoms with Crippen molar-refractivity contribution >= 4 is 11.7 Å². The van der Waals surface area contributed by atoms with Gasteiger partial charge in [-0.2, -0.15) is 5.10 Å². The Morgan fingerprint density at radius 1 is 1.64 bits per heavy atom. The van der Waals surface area contributed by atoms with Crippen molar-refractivity contribution in [2.75, 3.05) is 12.8 Å². The molecular weight excluding hydrogens is 180 g/mol. The summed E-state index contributed by atoms with van der Waals surface area (Å²) in [5.74, 6) is 0.313. The molecule has 78 valence electrons. The molecule has 1 rings (SSSR count). The fourth-order valence-corrected chi connectivity index (χ4v) is 1.04. The molecule has 1 aromatic rings. The number of rotatable bonds is 2. The summed E-state index contributed by atoms with van der Waals surface area (Å²) in [6.45, 7) is 3.90. The van der Waals surface area contributed by atoms with Gasteiger partial charge in [-0.3, -0.25) is 9.48 Å². The lowest BCUT2D eigenvalue weighted by molar-refractivity contribution is 0.0756. The van der Waals surface area contributed by atoms with Crippen molar-refractivity contribution in [3.8, 4) is 0 Å². The molecule has 14 heavy (non-hydrogen) atoms. The van der Waals surface area contributed by atoms with Crippen molar-refractivity contribution < 1.29 is 4.79 Å². The number of hydrogen-bond donors (Lipinski definition) is 1. The average Bonchev–Trinajstić information content (AvgIpc) is 2.45. The number of carbonyl (C=O) groups excluding carboxylic acids is 1. The molecule has 0 atom stereocenters. The van der Waals surface area contributed by atoms with Gasteiger partial charge in [-0.15, -0.1) is 0 Å². The van der Waals surface area contributed by atoms with E-state index < -0.39 is 0 Å². The maximum absolute atomic E-state index is 11.8. The number of anilines is 1. The van der Waals surface area contributed by atoms with E-state index in [-0.39, 0.29) is 11.9 Å². The first-order valence-electron chi connectivity index (χ1n) is 4.49. The Hall–Kier alpha value is -1.52. The molecule has 1 amide bonds. The third-order valence-electron chi connectivity index (χ3n) is 2.31. The molecule has 2 N–H and O–H groups in total. The topological polar surface area (TPSA) is 64.2 Å². The molecule has 0 aliphatic rings. The quantitative estimate of drug-likeness (QED) is 0.748. The van der Waals surface area contributed by atoms with E-state index in [0.29, 0.717) is 11.4 Å². The second-order valence-corrected chi connectivity index (χ2v) is 3.58. The summed E-state index contributed by atoms with van der Waals surface area (Å²) in [5.41, 5.74) is 6.16. The fraction of sp³-hybridized carbons (Fsp3) is 0.556. The van der Waals surface area contributed by atoms with Crippen LogP contribution in [-0.4, -0.2) is 33.7 Å². The van der Waals surface area contributed by atoms with Crippen LogP contribution in [0.4, 0.5) is 5.82 Å². The minimum absolute atomic E-state index is 0.0920. The molecular formula is C9H16N4O. The largest absolute Gasteiger partial charge is 0.383 e. The maximum Gasteiger partial charge on any atom is 0.259 e. The van der Waals surface area contributed by atoms with Gasteiger partial charge in [0.15, 0.2) is 0 Å². The molecule has 0 fully saturated rings. The van der Waals surface area contributed by atoms with Gasteiger partial charge in [-0.05, 0) is 13.8 Å². The number of aryl methyl sites for hydroxylation is 1. The van der Waals surface area contributed by atoms with Gasteiger partial charge in [0.05, 0.1) is 6.20 Å². The fourth-order valence-electron chi connectivity index (χ4n) is 1.04. The lowest BCUT2D eigenvalue weighted by atomic mass is 10.2. The van der Waals surface area contributed by atoms with Gasteiger partial charge in [-0.25, -0.2) is 0 Å². The molecule has 1 heterocycles. The number of carbonyl (C=O) groups is 1. The Labute approximate surface area is 83.5 Å². The molecule has 0 radical (unpaired) electrons. The Balaban J connectivity index is 2.95. The molecule has 0 unspecified atom stereocenters. The first-order chi connectivity index (χ1) is 6.45. The van der Waals surface area contributed by atoms with E-state index in [1.165, 1.54) is 10.9 Å². The van der Waals surface area contributed by atoms with Crippen LogP contribution in [0.25, 0.3) is 0 Å². The van der Waals surface area contributed by atoms with Crippen molar-refractivity contribution in [3.63, 3.8) is 0 Å². The molecule has 0 saturated heterocycles. The average molecular weight is 196 g/mol. The zero-order valence-corrected chi connectivity index (χ0v) is 8.98. The highest BCUT2D eigenvalue weighted by molar-refractivity contribution is 5.98. The van der Waals surface area contributed by atoms with Crippen molar-refractivity contribution in [3.05, 3.63) is 11.8 Å². The molecule has 0 aromatic carbocycles. The highest BCUT2D eigenvalue weighted by Crippen LogP contribution is 2.12. The maximum atomic E-state index is 11.8. The summed E-state index contributed by atoms with van der Waals surface area (Å²) in [5, 5.41) is 3.92. The predicted molar refractivity (Wildman–Crippen MR) is 54.8 cm³/mol. The number of nitrogens with zero attached hydrogens (tertiary/aromatic N) is 3. The summed E-state index contributed by atoms with van der Waals surface area (Å²) in [6.07, 6.45) is 1.50. The van der Waals surface area contributed by atoms with Crippen molar-refractivity contribution in [2.24, 2.45) is 7.05 Å². The van der Waals surface area contributed by atoms with Crippen LogP contribution < -0.4 is 5.73 Å². The van der Waals surface area contributed by atoms with Crippen LogP contribution >= 0.6 is 0 Å². The van der Waals surface area contributed by atoms with E-state index in [4.69, 9.17) is 5.73 Å². The number of hydrogen-bond acceptors (Lipinski definition) is 3. The highest BCUT2D eigenvalue weighted by Gasteiger charge is 2.19. The van der Waals surface area contributed by atoms with E-state index in [9.17, 15) is 4.79 Å². The van der Waals surface area contributed by atoms with Crippen molar-refractivity contribution in [1.82, 2.24) is 14.7 Å². The van der Waals surface area contributed by atoms with Crippen LogP contribution in [0, 0.1) is 0 Å². The van der Waals surface area contributed by atoms with Gasteiger partial charge in [-0.1, -0.05) is 0 Å². The van der Waals surface area contributed by atoms with Gasteiger partial charge in [0.1, 0.15) is 11.4 Å². The van der Waals surface area contributed by atoms with Crippen LogP contribution in [0.3, 0.4) is 0 Å². The minimum Gasteiger partial charge on any atom is -0.383 e. The van der Waals surface area contributed by atoms with Crippen LogP contribution in [0.1, 0.15) is 24.2 Å². The third kappa shape index (κ3) is 1.71. The zero-order valence-electron chi connectivity index (χ0n) is 8.98. The molecule has 0 spiro atoms. The third-order valence-corrected chi connectivity index (χ3v) is 2.31. The summed E-state index contributed by atoms with van der Waals surface area (Å²) < 4.78 is 1.49. The standard InChI is InChI=1S/C9H16N4O/c1-6(2)12(3)9(14)7-5-11-13(4)8(7)10/h5-6H,10H2,1-4H3. The van der Waals surface area contributed by atoms with Crippen molar-refractivity contribution in [1.29, 1.82) is 0 Å². The summed E-state index contributed by atoms with van der Waals surface area (Å²) in [7, 11) is 3.46. The Morgan fingerprint density at radius 3 is 2.57 bits per heavy atom. The van der Waals surface area contributed by atoms with Gasteiger partial charge >= 0.3 is 0 Å².